The minimum atomic E-state index is -4.71. The number of halogens is 3. The minimum Gasteiger partial charge on any atom is -0.493 e. The van der Waals surface area contributed by atoms with Crippen LogP contribution in [0.4, 0.5) is 13.2 Å². The van der Waals surface area contributed by atoms with Crippen LogP contribution in [0.25, 0.3) is 0 Å². The Labute approximate surface area is 151 Å². The van der Waals surface area contributed by atoms with Crippen molar-refractivity contribution in [2.45, 2.75) is 51.3 Å². The highest BCUT2D eigenvalue weighted by Gasteiger charge is 2.31. The van der Waals surface area contributed by atoms with Crippen LogP contribution in [-0.4, -0.2) is 37.1 Å². The lowest BCUT2D eigenvalue weighted by Gasteiger charge is -2.11. The van der Waals surface area contributed by atoms with Gasteiger partial charge in [0.05, 0.1) is 6.61 Å². The maximum Gasteiger partial charge on any atom is 0.573 e. The van der Waals surface area contributed by atoms with E-state index in [2.05, 4.69) is 10.1 Å². The third kappa shape index (κ3) is 12.4. The fraction of sp³-hybridized carbons (Fsp3) is 0.611. The number of unbranched alkanes of at least 4 members (excludes halogenated alkanes) is 4. The Morgan fingerprint density at radius 2 is 1.65 bits per heavy atom. The van der Waals surface area contributed by atoms with Gasteiger partial charge in [0, 0.05) is 12.5 Å². The van der Waals surface area contributed by atoms with E-state index < -0.39 is 12.3 Å². The molecule has 0 saturated carbocycles. The number of carboxylic acids is 1. The highest BCUT2D eigenvalue weighted by atomic mass is 19.4. The van der Waals surface area contributed by atoms with Crippen molar-refractivity contribution in [2.75, 3.05) is 19.7 Å². The van der Waals surface area contributed by atoms with Gasteiger partial charge in [-0.15, -0.1) is 13.2 Å². The molecule has 0 spiro atoms. The molecule has 148 valence electrons. The fourth-order valence-electron chi connectivity index (χ4n) is 2.31. The second kappa shape index (κ2) is 12.4. The van der Waals surface area contributed by atoms with Crippen molar-refractivity contribution in [1.29, 1.82) is 0 Å². The Balaban J connectivity index is 1.99. The predicted octanol–water partition coefficient (Wildman–Crippen LogP) is 4.37. The molecule has 5 nitrogen and oxygen atoms in total. The van der Waals surface area contributed by atoms with Crippen molar-refractivity contribution in [2.24, 2.45) is 0 Å². The number of carboxylic acid groups (broad SMARTS) is 1. The third-order valence-corrected chi connectivity index (χ3v) is 3.55. The molecule has 0 radical (unpaired) electrons. The summed E-state index contributed by atoms with van der Waals surface area (Å²) in [4.78, 5) is 10.3. The van der Waals surface area contributed by atoms with E-state index in [-0.39, 0.29) is 12.2 Å². The van der Waals surface area contributed by atoms with Gasteiger partial charge in [-0.3, -0.25) is 4.79 Å². The SMILES string of the molecule is O=C(O)CCCCCNCCCCCOc1cccc(OC(F)(F)F)c1. The second-order valence-electron chi connectivity index (χ2n) is 5.89. The van der Waals surface area contributed by atoms with E-state index in [4.69, 9.17) is 9.84 Å². The quantitative estimate of drug-likeness (QED) is 0.471. The first-order chi connectivity index (χ1) is 12.4. The van der Waals surface area contributed by atoms with Crippen LogP contribution >= 0.6 is 0 Å². The molecule has 8 heteroatoms. The molecule has 0 heterocycles. The molecule has 1 rings (SSSR count). The van der Waals surface area contributed by atoms with Gasteiger partial charge in [0.2, 0.25) is 0 Å². The third-order valence-electron chi connectivity index (χ3n) is 3.55. The monoisotopic (exact) mass is 377 g/mol. The zero-order valence-corrected chi connectivity index (χ0v) is 14.7. The number of benzene rings is 1. The molecule has 1 aromatic rings. The molecule has 26 heavy (non-hydrogen) atoms. The van der Waals surface area contributed by atoms with Crippen LogP contribution in [0.15, 0.2) is 24.3 Å². The summed E-state index contributed by atoms with van der Waals surface area (Å²) >= 11 is 0. The van der Waals surface area contributed by atoms with E-state index in [1.807, 2.05) is 0 Å². The lowest BCUT2D eigenvalue weighted by molar-refractivity contribution is -0.274. The summed E-state index contributed by atoms with van der Waals surface area (Å²) in [6.45, 7) is 2.20. The van der Waals surface area contributed by atoms with Gasteiger partial charge in [-0.25, -0.2) is 0 Å². The van der Waals surface area contributed by atoms with Crippen LogP contribution in [0, 0.1) is 0 Å². The standard InChI is InChI=1S/C18H26F3NO4/c19-18(20,21)26-16-9-7-8-15(14-16)25-13-6-2-5-12-22-11-4-1-3-10-17(23)24/h7-9,14,22H,1-6,10-13H2,(H,23,24). The second-order valence-corrected chi connectivity index (χ2v) is 5.89. The Bertz CT molecular complexity index is 523. The summed E-state index contributed by atoms with van der Waals surface area (Å²) in [5.74, 6) is -0.687. The van der Waals surface area contributed by atoms with Crippen LogP contribution in [0.2, 0.25) is 0 Å². The van der Waals surface area contributed by atoms with Gasteiger partial charge < -0.3 is 19.9 Å². The first-order valence-electron chi connectivity index (χ1n) is 8.78. The average Bonchev–Trinajstić information content (AvgIpc) is 2.54. The van der Waals surface area contributed by atoms with Crippen LogP contribution in [0.1, 0.15) is 44.9 Å². The van der Waals surface area contributed by atoms with Gasteiger partial charge >= 0.3 is 12.3 Å². The van der Waals surface area contributed by atoms with Gasteiger partial charge in [0.1, 0.15) is 11.5 Å². The zero-order chi connectivity index (χ0) is 19.3. The van der Waals surface area contributed by atoms with Crippen LogP contribution in [0.5, 0.6) is 11.5 Å². The molecule has 0 amide bonds. The van der Waals surface area contributed by atoms with E-state index in [9.17, 15) is 18.0 Å². The molecule has 0 aliphatic carbocycles. The molecule has 0 aromatic heterocycles. The maximum absolute atomic E-state index is 12.2. The zero-order valence-electron chi connectivity index (χ0n) is 14.7. The molecule has 0 aliphatic heterocycles. The topological polar surface area (TPSA) is 67.8 Å². The number of nitrogens with one attached hydrogen (secondary N) is 1. The Hall–Kier alpha value is -1.96. The molecule has 0 unspecified atom stereocenters. The molecule has 0 bridgehead atoms. The summed E-state index contributed by atoms with van der Waals surface area (Å²) in [5, 5.41) is 11.8. The fourth-order valence-corrected chi connectivity index (χ4v) is 2.31. The van der Waals surface area contributed by atoms with E-state index in [0.717, 1.165) is 45.2 Å². The summed E-state index contributed by atoms with van der Waals surface area (Å²) in [6, 6.07) is 5.50. The number of aliphatic carboxylic acids is 1. The molecule has 0 saturated heterocycles. The number of alkyl halides is 3. The normalized spacial score (nSPS) is 11.3. The molecule has 0 fully saturated rings. The molecular formula is C18H26F3NO4. The van der Waals surface area contributed by atoms with Gasteiger partial charge in [-0.2, -0.15) is 0 Å². The van der Waals surface area contributed by atoms with Crippen molar-refractivity contribution in [3.63, 3.8) is 0 Å². The summed E-state index contributed by atoms with van der Waals surface area (Å²) in [6.07, 6.45) is 0.846. The minimum absolute atomic E-state index is 0.227. The maximum atomic E-state index is 12.2. The predicted molar refractivity (Wildman–Crippen MR) is 91.4 cm³/mol. The molecule has 0 atom stereocenters. The van der Waals surface area contributed by atoms with Gasteiger partial charge in [0.25, 0.3) is 0 Å². The molecule has 2 N–H and O–H groups in total. The number of hydrogen-bond donors (Lipinski definition) is 2. The summed E-state index contributed by atoms with van der Waals surface area (Å²) in [7, 11) is 0. The van der Waals surface area contributed by atoms with E-state index in [0.29, 0.717) is 18.8 Å². The first-order valence-corrected chi connectivity index (χ1v) is 8.78. The molecule has 1 aromatic carbocycles. The van der Waals surface area contributed by atoms with Crippen molar-refractivity contribution in [3.8, 4) is 11.5 Å². The Morgan fingerprint density at radius 3 is 2.31 bits per heavy atom. The smallest absolute Gasteiger partial charge is 0.493 e. The van der Waals surface area contributed by atoms with Gasteiger partial charge in [0.15, 0.2) is 0 Å². The number of hydrogen-bond acceptors (Lipinski definition) is 4. The number of ether oxygens (including phenoxy) is 2. The van der Waals surface area contributed by atoms with E-state index >= 15 is 0 Å². The highest BCUT2D eigenvalue weighted by Crippen LogP contribution is 2.26. The van der Waals surface area contributed by atoms with E-state index in [1.54, 1.807) is 6.07 Å². The van der Waals surface area contributed by atoms with Gasteiger partial charge in [-0.1, -0.05) is 12.5 Å². The van der Waals surface area contributed by atoms with Crippen molar-refractivity contribution >= 4 is 5.97 Å². The Kier molecular flexibility index (Phi) is 10.5. The van der Waals surface area contributed by atoms with Crippen LogP contribution < -0.4 is 14.8 Å². The van der Waals surface area contributed by atoms with Crippen LogP contribution in [-0.2, 0) is 4.79 Å². The van der Waals surface area contributed by atoms with Crippen molar-refractivity contribution < 1.29 is 32.5 Å². The van der Waals surface area contributed by atoms with Gasteiger partial charge in [-0.05, 0) is 57.3 Å². The average molecular weight is 377 g/mol. The molecule has 0 aliphatic rings. The number of carbonyl (C=O) groups is 1. The highest BCUT2D eigenvalue weighted by molar-refractivity contribution is 5.66. The first kappa shape index (κ1) is 22.1. The lowest BCUT2D eigenvalue weighted by Crippen LogP contribution is -2.17. The van der Waals surface area contributed by atoms with Crippen LogP contribution in [0.3, 0.4) is 0 Å². The number of rotatable bonds is 14. The molecular weight excluding hydrogens is 351 g/mol. The van der Waals surface area contributed by atoms with E-state index in [1.165, 1.54) is 18.2 Å². The van der Waals surface area contributed by atoms with Crippen molar-refractivity contribution in [1.82, 2.24) is 5.32 Å². The summed E-state index contributed by atoms with van der Waals surface area (Å²) < 4.78 is 45.7. The van der Waals surface area contributed by atoms with Crippen molar-refractivity contribution in [3.05, 3.63) is 24.3 Å². The largest absolute Gasteiger partial charge is 0.573 e. The lowest BCUT2D eigenvalue weighted by atomic mass is 10.2. The summed E-state index contributed by atoms with van der Waals surface area (Å²) in [5.41, 5.74) is 0. The Morgan fingerprint density at radius 1 is 1.00 bits per heavy atom.